The molecule has 0 aliphatic heterocycles. The summed E-state index contributed by atoms with van der Waals surface area (Å²) in [6.45, 7) is 6.17. The highest BCUT2D eigenvalue weighted by molar-refractivity contribution is 7.89. The van der Waals surface area contributed by atoms with Crippen LogP contribution >= 0.6 is 0 Å². The summed E-state index contributed by atoms with van der Waals surface area (Å²) in [5, 5.41) is 3.06. The van der Waals surface area contributed by atoms with E-state index in [4.69, 9.17) is 0 Å². The van der Waals surface area contributed by atoms with Gasteiger partial charge in [0.25, 0.3) is 5.91 Å². The molecule has 0 heterocycles. The lowest BCUT2D eigenvalue weighted by Crippen LogP contribution is -2.32. The largest absolute Gasteiger partial charge is 0.345 e. The van der Waals surface area contributed by atoms with Crippen molar-refractivity contribution in [1.82, 2.24) is 9.62 Å². The molecule has 6 heteroatoms. The summed E-state index contributed by atoms with van der Waals surface area (Å²) in [6, 6.07) is 13.0. The van der Waals surface area contributed by atoms with E-state index in [-0.39, 0.29) is 16.8 Å². The van der Waals surface area contributed by atoms with Crippen molar-refractivity contribution in [2.24, 2.45) is 0 Å². The van der Waals surface area contributed by atoms with Crippen molar-refractivity contribution in [3.63, 3.8) is 0 Å². The van der Waals surface area contributed by atoms with E-state index in [2.05, 4.69) is 11.4 Å². The lowest BCUT2D eigenvalue weighted by atomic mass is 10.1. The number of nitrogens with zero attached hydrogens (tertiary/aromatic N) is 1. The van der Waals surface area contributed by atoms with E-state index >= 15 is 0 Å². The molecule has 0 aromatic heterocycles. The lowest BCUT2D eigenvalue weighted by molar-refractivity contribution is 0.0936. The zero-order chi connectivity index (χ0) is 19.6. The predicted molar refractivity (Wildman–Crippen MR) is 106 cm³/mol. The Morgan fingerprint density at radius 3 is 2.56 bits per heavy atom. The molecule has 2 aromatic carbocycles. The molecule has 1 aliphatic carbocycles. The Hall–Kier alpha value is -2.18. The van der Waals surface area contributed by atoms with Gasteiger partial charge in [0, 0.05) is 18.7 Å². The number of rotatable bonds is 6. The van der Waals surface area contributed by atoms with Gasteiger partial charge in [0.2, 0.25) is 10.0 Å². The molecule has 3 rings (SSSR count). The predicted octanol–water partition coefficient (Wildman–Crippen LogP) is 3.44. The average molecular weight is 387 g/mol. The summed E-state index contributed by atoms with van der Waals surface area (Å²) in [4.78, 5) is 13.0. The van der Waals surface area contributed by atoms with E-state index in [0.29, 0.717) is 24.2 Å². The van der Waals surface area contributed by atoms with Crippen LogP contribution in [0.3, 0.4) is 0 Å². The van der Waals surface area contributed by atoms with Crippen molar-refractivity contribution in [2.75, 3.05) is 13.1 Å². The Bertz CT molecular complexity index is 950. The molecule has 0 bridgehead atoms. The maximum atomic E-state index is 12.9. The Morgan fingerprint density at radius 2 is 1.85 bits per heavy atom. The normalized spacial score (nSPS) is 16.4. The minimum atomic E-state index is -3.61. The van der Waals surface area contributed by atoms with E-state index in [1.165, 1.54) is 15.9 Å². The number of benzene rings is 2. The molecule has 1 amide bonds. The number of hydrogen-bond donors (Lipinski definition) is 1. The van der Waals surface area contributed by atoms with Crippen LogP contribution in [0.1, 0.15) is 53.4 Å². The molecule has 0 saturated heterocycles. The molecule has 5 nitrogen and oxygen atoms in total. The van der Waals surface area contributed by atoms with Crippen molar-refractivity contribution in [2.45, 2.75) is 44.6 Å². The molecule has 0 fully saturated rings. The number of sulfonamides is 1. The van der Waals surface area contributed by atoms with Crippen LogP contribution < -0.4 is 5.32 Å². The van der Waals surface area contributed by atoms with Gasteiger partial charge in [0.1, 0.15) is 0 Å². The maximum Gasteiger partial charge on any atom is 0.251 e. The van der Waals surface area contributed by atoms with Crippen molar-refractivity contribution in [3.05, 3.63) is 64.7 Å². The van der Waals surface area contributed by atoms with E-state index < -0.39 is 10.0 Å². The number of fused-ring (bicyclic) bond motifs is 1. The minimum absolute atomic E-state index is 0.0298. The van der Waals surface area contributed by atoms with Crippen molar-refractivity contribution < 1.29 is 13.2 Å². The molecule has 27 heavy (non-hydrogen) atoms. The van der Waals surface area contributed by atoms with Crippen LogP contribution in [0, 0.1) is 6.92 Å². The van der Waals surface area contributed by atoms with E-state index in [1.807, 2.05) is 32.0 Å². The van der Waals surface area contributed by atoms with Crippen LogP contribution in [0.5, 0.6) is 0 Å². The number of hydrogen-bond acceptors (Lipinski definition) is 3. The standard InChI is InChI=1S/C21H26N2O3S/c1-4-23(5-2)27(25,26)20-14-17(11-10-15(20)3)21(24)22-19-13-12-16-8-6-7-9-18(16)19/h6-11,14,19H,4-5,12-13H2,1-3H3,(H,22,24). The Labute approximate surface area is 161 Å². The molecular weight excluding hydrogens is 360 g/mol. The summed E-state index contributed by atoms with van der Waals surface area (Å²) in [6.07, 6.45) is 1.80. The highest BCUT2D eigenvalue weighted by Gasteiger charge is 2.27. The first-order chi connectivity index (χ1) is 12.9. The number of carbonyl (C=O) groups is 1. The number of aryl methyl sites for hydroxylation is 2. The quantitative estimate of drug-likeness (QED) is 0.827. The SMILES string of the molecule is CCN(CC)S(=O)(=O)c1cc(C(=O)NC2CCc3ccccc32)ccc1C. The second-order valence-electron chi connectivity index (χ2n) is 6.83. The van der Waals surface area contributed by atoms with Gasteiger partial charge < -0.3 is 5.32 Å². The topological polar surface area (TPSA) is 66.5 Å². The molecule has 0 radical (unpaired) electrons. The van der Waals surface area contributed by atoms with Gasteiger partial charge in [-0.2, -0.15) is 4.31 Å². The van der Waals surface area contributed by atoms with E-state index in [9.17, 15) is 13.2 Å². The van der Waals surface area contributed by atoms with E-state index in [0.717, 1.165) is 18.4 Å². The summed E-state index contributed by atoms with van der Waals surface area (Å²) < 4.78 is 27.2. The van der Waals surface area contributed by atoms with Gasteiger partial charge in [-0.25, -0.2) is 8.42 Å². The third-order valence-corrected chi connectivity index (χ3v) is 7.40. The van der Waals surface area contributed by atoms with Crippen LogP contribution in [0.25, 0.3) is 0 Å². The fourth-order valence-electron chi connectivity index (χ4n) is 3.67. The fourth-order valence-corrected chi connectivity index (χ4v) is 5.38. The Kier molecular flexibility index (Phi) is 5.67. The fraction of sp³-hybridized carbons (Fsp3) is 0.381. The maximum absolute atomic E-state index is 12.9. The number of nitrogens with one attached hydrogen (secondary N) is 1. The second-order valence-corrected chi connectivity index (χ2v) is 8.74. The highest BCUT2D eigenvalue weighted by atomic mass is 32.2. The van der Waals surface area contributed by atoms with E-state index in [1.54, 1.807) is 19.1 Å². The molecule has 0 spiro atoms. The third-order valence-electron chi connectivity index (χ3n) is 5.21. The van der Waals surface area contributed by atoms with Crippen LogP contribution in [0.15, 0.2) is 47.4 Å². The summed E-state index contributed by atoms with van der Waals surface area (Å²) >= 11 is 0. The summed E-state index contributed by atoms with van der Waals surface area (Å²) in [5.41, 5.74) is 3.42. The van der Waals surface area contributed by atoms with Gasteiger partial charge in [-0.05, 0) is 48.6 Å². The van der Waals surface area contributed by atoms with Crippen molar-refractivity contribution in [3.8, 4) is 0 Å². The highest BCUT2D eigenvalue weighted by Crippen LogP contribution is 2.31. The summed E-state index contributed by atoms with van der Waals surface area (Å²) in [7, 11) is -3.61. The first-order valence-corrected chi connectivity index (χ1v) is 10.8. The summed E-state index contributed by atoms with van der Waals surface area (Å²) in [5.74, 6) is -0.243. The first-order valence-electron chi connectivity index (χ1n) is 9.38. The van der Waals surface area contributed by atoms with Crippen molar-refractivity contribution >= 4 is 15.9 Å². The molecule has 1 aliphatic rings. The average Bonchev–Trinajstić information content (AvgIpc) is 3.05. The molecular formula is C21H26N2O3S. The van der Waals surface area contributed by atoms with Gasteiger partial charge >= 0.3 is 0 Å². The molecule has 2 aromatic rings. The first kappa shape index (κ1) is 19.6. The number of amides is 1. The molecule has 1 N–H and O–H groups in total. The third kappa shape index (κ3) is 3.77. The van der Waals surface area contributed by atoms with Crippen LogP contribution in [0.4, 0.5) is 0 Å². The zero-order valence-electron chi connectivity index (χ0n) is 16.0. The lowest BCUT2D eigenvalue weighted by Gasteiger charge is -2.20. The van der Waals surface area contributed by atoms with Gasteiger partial charge in [0.15, 0.2) is 0 Å². The Morgan fingerprint density at radius 1 is 1.15 bits per heavy atom. The van der Waals surface area contributed by atoms with Gasteiger partial charge in [0.05, 0.1) is 10.9 Å². The molecule has 144 valence electrons. The molecule has 1 unspecified atom stereocenters. The van der Waals surface area contributed by atoms with Crippen LogP contribution in [-0.4, -0.2) is 31.7 Å². The van der Waals surface area contributed by atoms with Gasteiger partial charge in [-0.1, -0.05) is 44.2 Å². The smallest absolute Gasteiger partial charge is 0.251 e. The van der Waals surface area contributed by atoms with Gasteiger partial charge in [-0.15, -0.1) is 0 Å². The zero-order valence-corrected chi connectivity index (χ0v) is 16.8. The minimum Gasteiger partial charge on any atom is -0.345 e. The van der Waals surface area contributed by atoms with Crippen LogP contribution in [-0.2, 0) is 16.4 Å². The molecule has 1 atom stereocenters. The van der Waals surface area contributed by atoms with Crippen molar-refractivity contribution in [1.29, 1.82) is 0 Å². The monoisotopic (exact) mass is 386 g/mol. The second kappa shape index (κ2) is 7.82. The molecule has 0 saturated carbocycles. The van der Waals surface area contributed by atoms with Gasteiger partial charge in [-0.3, -0.25) is 4.79 Å². The van der Waals surface area contributed by atoms with Crippen LogP contribution in [0.2, 0.25) is 0 Å². The number of carbonyl (C=O) groups excluding carboxylic acids is 1. The Balaban J connectivity index is 1.87.